The van der Waals surface area contributed by atoms with Crippen molar-refractivity contribution in [2.24, 2.45) is 5.92 Å². The van der Waals surface area contributed by atoms with Crippen LogP contribution in [0.3, 0.4) is 0 Å². The van der Waals surface area contributed by atoms with Gasteiger partial charge in [-0.25, -0.2) is 12.7 Å². The van der Waals surface area contributed by atoms with Gasteiger partial charge in [0, 0.05) is 50.0 Å². The number of hydrogen-bond donors (Lipinski definition) is 0. The summed E-state index contributed by atoms with van der Waals surface area (Å²) in [6, 6.07) is 10.7. The highest BCUT2D eigenvalue weighted by Crippen LogP contribution is 2.28. The number of anilines is 1. The van der Waals surface area contributed by atoms with E-state index in [9.17, 15) is 13.2 Å². The number of carbonyl (C=O) groups excluding carboxylic acids is 1. The Morgan fingerprint density at radius 2 is 1.71 bits per heavy atom. The maximum atomic E-state index is 13.3. The topological polar surface area (TPSA) is 60.9 Å². The molecule has 0 radical (unpaired) electrons. The van der Waals surface area contributed by atoms with Crippen LogP contribution in [0.25, 0.3) is 0 Å². The van der Waals surface area contributed by atoms with Crippen molar-refractivity contribution in [3.8, 4) is 0 Å². The summed E-state index contributed by atoms with van der Waals surface area (Å²) in [5, 5.41) is 1.41. The van der Waals surface area contributed by atoms with Gasteiger partial charge in [0.2, 0.25) is 15.9 Å². The van der Waals surface area contributed by atoms with Crippen molar-refractivity contribution in [1.29, 1.82) is 0 Å². The number of amides is 1. The normalized spacial score (nSPS) is 19.9. The monoisotopic (exact) mass is 543 g/mol. The molecule has 0 saturated carbocycles. The first-order valence-corrected chi connectivity index (χ1v) is 14.1. The molecule has 1 atom stereocenters. The second-order valence-corrected chi connectivity index (χ2v) is 12.2. The molecular formula is C24H28Cl3N3O3S. The zero-order valence-corrected chi connectivity index (χ0v) is 22.1. The number of piperazine rings is 1. The molecule has 0 unspecified atom stereocenters. The molecule has 2 aromatic rings. The van der Waals surface area contributed by atoms with E-state index in [0.29, 0.717) is 53.1 Å². The summed E-state index contributed by atoms with van der Waals surface area (Å²) in [6.07, 6.45) is 1.37. The average molecular weight is 545 g/mol. The van der Waals surface area contributed by atoms with Crippen LogP contribution in [0.1, 0.15) is 24.0 Å². The second kappa shape index (κ2) is 10.6. The van der Waals surface area contributed by atoms with Crippen LogP contribution in [0.5, 0.6) is 0 Å². The third kappa shape index (κ3) is 5.82. The lowest BCUT2D eigenvalue weighted by atomic mass is 9.97. The highest BCUT2D eigenvalue weighted by molar-refractivity contribution is 7.88. The molecule has 34 heavy (non-hydrogen) atoms. The van der Waals surface area contributed by atoms with E-state index in [-0.39, 0.29) is 24.1 Å². The number of carbonyl (C=O) groups is 1. The fourth-order valence-electron chi connectivity index (χ4n) is 4.68. The summed E-state index contributed by atoms with van der Waals surface area (Å²) in [7, 11) is -3.58. The van der Waals surface area contributed by atoms with Crippen LogP contribution in [0.2, 0.25) is 15.1 Å². The Labute approximate surface area is 216 Å². The summed E-state index contributed by atoms with van der Waals surface area (Å²) >= 11 is 18.2. The second-order valence-electron chi connectivity index (χ2n) is 8.94. The van der Waals surface area contributed by atoms with Crippen LogP contribution in [0.15, 0.2) is 36.4 Å². The van der Waals surface area contributed by atoms with E-state index >= 15 is 0 Å². The Morgan fingerprint density at radius 3 is 2.41 bits per heavy atom. The quantitative estimate of drug-likeness (QED) is 0.540. The Kier molecular flexibility index (Phi) is 7.99. The maximum absolute atomic E-state index is 13.3. The summed E-state index contributed by atoms with van der Waals surface area (Å²) in [5.41, 5.74) is 2.83. The van der Waals surface area contributed by atoms with E-state index in [1.807, 2.05) is 23.1 Å². The molecule has 1 amide bonds. The van der Waals surface area contributed by atoms with Crippen LogP contribution in [0.4, 0.5) is 5.69 Å². The molecule has 2 aliphatic heterocycles. The number of piperidine rings is 1. The minimum absolute atomic E-state index is 0.0388. The molecule has 0 bridgehead atoms. The van der Waals surface area contributed by atoms with Crippen molar-refractivity contribution < 1.29 is 13.2 Å². The number of sulfonamides is 1. The van der Waals surface area contributed by atoms with Crippen molar-refractivity contribution in [2.75, 3.05) is 44.2 Å². The maximum Gasteiger partial charge on any atom is 0.227 e. The lowest BCUT2D eigenvalue weighted by Crippen LogP contribution is -2.53. The summed E-state index contributed by atoms with van der Waals surface area (Å²) < 4.78 is 27.6. The Hall–Kier alpha value is -1.51. The average Bonchev–Trinajstić information content (AvgIpc) is 2.82. The molecule has 2 aliphatic rings. The van der Waals surface area contributed by atoms with Crippen molar-refractivity contribution in [3.63, 3.8) is 0 Å². The smallest absolute Gasteiger partial charge is 0.227 e. The van der Waals surface area contributed by atoms with Gasteiger partial charge < -0.3 is 9.80 Å². The van der Waals surface area contributed by atoms with Gasteiger partial charge in [0.1, 0.15) is 0 Å². The highest BCUT2D eigenvalue weighted by Gasteiger charge is 2.35. The third-order valence-corrected chi connectivity index (χ3v) is 9.35. The summed E-state index contributed by atoms with van der Waals surface area (Å²) in [6.45, 7) is 5.36. The first kappa shape index (κ1) is 25.6. The zero-order chi connectivity index (χ0) is 24.5. The molecular weight excluding hydrogens is 517 g/mol. The zero-order valence-electron chi connectivity index (χ0n) is 19.0. The fourth-order valence-corrected chi connectivity index (χ4v) is 6.76. The number of aryl methyl sites for hydroxylation is 1. The van der Waals surface area contributed by atoms with Gasteiger partial charge in [0.15, 0.2) is 0 Å². The molecule has 184 valence electrons. The van der Waals surface area contributed by atoms with Gasteiger partial charge in [-0.3, -0.25) is 4.79 Å². The van der Waals surface area contributed by atoms with E-state index in [4.69, 9.17) is 34.8 Å². The van der Waals surface area contributed by atoms with Crippen molar-refractivity contribution in [1.82, 2.24) is 9.21 Å². The van der Waals surface area contributed by atoms with Crippen molar-refractivity contribution >= 4 is 56.4 Å². The van der Waals surface area contributed by atoms with Crippen LogP contribution < -0.4 is 4.90 Å². The van der Waals surface area contributed by atoms with Gasteiger partial charge in [-0.1, -0.05) is 46.9 Å². The van der Waals surface area contributed by atoms with Gasteiger partial charge >= 0.3 is 0 Å². The minimum atomic E-state index is -3.58. The first-order chi connectivity index (χ1) is 16.1. The fraction of sp³-hybridized carbons (Fsp3) is 0.458. The van der Waals surface area contributed by atoms with E-state index < -0.39 is 10.0 Å². The number of hydrogen-bond acceptors (Lipinski definition) is 4. The highest BCUT2D eigenvalue weighted by atomic mass is 35.5. The lowest BCUT2D eigenvalue weighted by molar-refractivity contribution is -0.137. The number of rotatable bonds is 5. The molecule has 2 saturated heterocycles. The van der Waals surface area contributed by atoms with Crippen molar-refractivity contribution in [2.45, 2.75) is 25.5 Å². The molecule has 0 N–H and O–H groups in total. The number of benzene rings is 2. The molecule has 6 nitrogen and oxygen atoms in total. The molecule has 0 aromatic heterocycles. The first-order valence-electron chi connectivity index (χ1n) is 11.4. The van der Waals surface area contributed by atoms with Crippen LogP contribution >= 0.6 is 34.8 Å². The molecule has 4 rings (SSSR count). The van der Waals surface area contributed by atoms with Gasteiger partial charge in [0.05, 0.1) is 21.7 Å². The molecule has 10 heteroatoms. The Bertz CT molecular complexity index is 1170. The number of halogens is 3. The summed E-state index contributed by atoms with van der Waals surface area (Å²) in [5.74, 6) is -0.448. The predicted octanol–water partition coefficient (Wildman–Crippen LogP) is 4.85. The molecule has 2 fully saturated rings. The van der Waals surface area contributed by atoms with E-state index in [1.54, 1.807) is 18.2 Å². The predicted molar refractivity (Wildman–Crippen MR) is 138 cm³/mol. The van der Waals surface area contributed by atoms with E-state index in [0.717, 1.165) is 24.3 Å². The van der Waals surface area contributed by atoms with Gasteiger partial charge in [-0.15, -0.1) is 0 Å². The van der Waals surface area contributed by atoms with Crippen LogP contribution in [0, 0.1) is 12.8 Å². The minimum Gasteiger partial charge on any atom is -0.368 e. The standard InChI is InChI=1S/C24H28Cl3N3O3S/c1-17-4-6-20(25)14-23(17)28-9-11-29(12-10-28)24(31)19-3-2-8-30(15-19)34(32,33)16-18-5-7-21(26)22(27)13-18/h4-7,13-14,19H,2-3,8-12,15-16H2,1H3/t19-/m1/s1. The summed E-state index contributed by atoms with van der Waals surface area (Å²) in [4.78, 5) is 17.4. The largest absolute Gasteiger partial charge is 0.368 e. The number of nitrogens with zero attached hydrogens (tertiary/aromatic N) is 3. The van der Waals surface area contributed by atoms with Crippen LogP contribution in [-0.4, -0.2) is 62.8 Å². The van der Waals surface area contributed by atoms with Gasteiger partial charge in [0.25, 0.3) is 0 Å². The molecule has 2 aromatic carbocycles. The lowest BCUT2D eigenvalue weighted by Gasteiger charge is -2.40. The Morgan fingerprint density at radius 1 is 0.971 bits per heavy atom. The third-order valence-electron chi connectivity index (χ3n) is 6.56. The van der Waals surface area contributed by atoms with E-state index in [2.05, 4.69) is 11.8 Å². The molecule has 0 spiro atoms. The van der Waals surface area contributed by atoms with Crippen molar-refractivity contribution in [3.05, 3.63) is 62.6 Å². The molecule has 0 aliphatic carbocycles. The SMILES string of the molecule is Cc1ccc(Cl)cc1N1CCN(C(=O)[C@@H]2CCCN(S(=O)(=O)Cc3ccc(Cl)c(Cl)c3)C2)CC1. The van der Waals surface area contributed by atoms with Gasteiger partial charge in [-0.2, -0.15) is 0 Å². The Balaban J connectivity index is 1.37. The van der Waals surface area contributed by atoms with Crippen LogP contribution in [-0.2, 0) is 20.6 Å². The van der Waals surface area contributed by atoms with E-state index in [1.165, 1.54) is 4.31 Å². The molecule has 2 heterocycles. The van der Waals surface area contributed by atoms with Gasteiger partial charge in [-0.05, 0) is 55.2 Å².